The highest BCUT2D eigenvalue weighted by atomic mass is 19.2. The zero-order valence-corrected chi connectivity index (χ0v) is 8.22. The SMILES string of the molecule is CN(C)c1c(CCO)ccc(F)c1F. The van der Waals surface area contributed by atoms with E-state index in [1.54, 1.807) is 14.1 Å². The second-order valence-electron chi connectivity index (χ2n) is 3.24. The van der Waals surface area contributed by atoms with Crippen molar-refractivity contribution in [3.63, 3.8) is 0 Å². The Morgan fingerprint density at radius 2 is 1.93 bits per heavy atom. The number of aliphatic hydroxyl groups is 1. The Kier molecular flexibility index (Phi) is 3.41. The Bertz CT molecular complexity index is 326. The predicted octanol–water partition coefficient (Wildman–Crippen LogP) is 1.57. The maximum absolute atomic E-state index is 13.3. The van der Waals surface area contributed by atoms with Crippen molar-refractivity contribution in [2.45, 2.75) is 6.42 Å². The van der Waals surface area contributed by atoms with Crippen LogP contribution in [-0.4, -0.2) is 25.8 Å². The first kappa shape index (κ1) is 10.9. The molecule has 1 aromatic rings. The third-order valence-corrected chi connectivity index (χ3v) is 1.98. The summed E-state index contributed by atoms with van der Waals surface area (Å²) in [5, 5.41) is 8.75. The van der Waals surface area contributed by atoms with Crippen molar-refractivity contribution in [2.75, 3.05) is 25.6 Å². The van der Waals surface area contributed by atoms with Gasteiger partial charge in [0, 0.05) is 20.7 Å². The molecule has 0 amide bonds. The van der Waals surface area contributed by atoms with Crippen LogP contribution < -0.4 is 4.90 Å². The summed E-state index contributed by atoms with van der Waals surface area (Å²) < 4.78 is 26.2. The van der Waals surface area contributed by atoms with Gasteiger partial charge in [-0.15, -0.1) is 0 Å². The van der Waals surface area contributed by atoms with Gasteiger partial charge in [0.25, 0.3) is 0 Å². The first-order valence-electron chi connectivity index (χ1n) is 4.33. The molecule has 1 N–H and O–H groups in total. The maximum atomic E-state index is 13.3. The minimum absolute atomic E-state index is 0.0775. The van der Waals surface area contributed by atoms with Crippen LogP contribution in [0.2, 0.25) is 0 Å². The molecular formula is C10H13F2NO. The van der Waals surface area contributed by atoms with Gasteiger partial charge < -0.3 is 10.0 Å². The highest BCUT2D eigenvalue weighted by Crippen LogP contribution is 2.25. The zero-order chi connectivity index (χ0) is 10.7. The molecule has 0 aromatic heterocycles. The van der Waals surface area contributed by atoms with Crippen LogP contribution in [0.15, 0.2) is 12.1 Å². The van der Waals surface area contributed by atoms with Crippen LogP contribution in [0.3, 0.4) is 0 Å². The topological polar surface area (TPSA) is 23.5 Å². The number of hydrogen-bond acceptors (Lipinski definition) is 2. The highest BCUT2D eigenvalue weighted by Gasteiger charge is 2.14. The van der Waals surface area contributed by atoms with E-state index in [2.05, 4.69) is 0 Å². The van der Waals surface area contributed by atoms with Gasteiger partial charge in [0.1, 0.15) is 0 Å². The molecule has 78 valence electrons. The molecule has 4 heteroatoms. The Labute approximate surface area is 81.8 Å². The fraction of sp³-hybridized carbons (Fsp3) is 0.400. The van der Waals surface area contributed by atoms with Gasteiger partial charge >= 0.3 is 0 Å². The van der Waals surface area contributed by atoms with Gasteiger partial charge in [-0.05, 0) is 18.1 Å². The van der Waals surface area contributed by atoms with Crippen LogP contribution in [0.25, 0.3) is 0 Å². The number of aliphatic hydroxyl groups excluding tert-OH is 1. The number of halogens is 2. The molecule has 0 heterocycles. The Hall–Kier alpha value is -1.16. The summed E-state index contributed by atoms with van der Waals surface area (Å²) in [5.41, 5.74) is 0.815. The molecule has 2 nitrogen and oxygen atoms in total. The lowest BCUT2D eigenvalue weighted by Gasteiger charge is -2.18. The van der Waals surface area contributed by atoms with Gasteiger partial charge in [-0.2, -0.15) is 0 Å². The molecule has 14 heavy (non-hydrogen) atoms. The van der Waals surface area contributed by atoms with Gasteiger partial charge in [0.15, 0.2) is 11.6 Å². The van der Waals surface area contributed by atoms with E-state index in [0.717, 1.165) is 6.07 Å². The summed E-state index contributed by atoms with van der Waals surface area (Å²) in [5.74, 6) is -1.73. The van der Waals surface area contributed by atoms with Crippen molar-refractivity contribution < 1.29 is 13.9 Å². The molecule has 0 unspecified atom stereocenters. The standard InChI is InChI=1S/C10H13F2NO/c1-13(2)10-7(5-6-14)3-4-8(11)9(10)12/h3-4,14H,5-6H2,1-2H3. The average Bonchev–Trinajstić information content (AvgIpc) is 2.11. The number of benzene rings is 1. The fourth-order valence-electron chi connectivity index (χ4n) is 1.39. The maximum Gasteiger partial charge on any atom is 0.182 e. The van der Waals surface area contributed by atoms with E-state index in [0.29, 0.717) is 12.0 Å². The van der Waals surface area contributed by atoms with Crippen LogP contribution in [0, 0.1) is 11.6 Å². The quantitative estimate of drug-likeness (QED) is 0.802. The summed E-state index contributed by atoms with van der Waals surface area (Å²) in [7, 11) is 3.28. The highest BCUT2D eigenvalue weighted by molar-refractivity contribution is 5.54. The van der Waals surface area contributed by atoms with Crippen molar-refractivity contribution in [3.05, 3.63) is 29.3 Å². The summed E-state index contributed by atoms with van der Waals surface area (Å²) >= 11 is 0. The monoisotopic (exact) mass is 201 g/mol. The molecular weight excluding hydrogens is 188 g/mol. The molecule has 0 bridgehead atoms. The molecule has 0 fully saturated rings. The minimum Gasteiger partial charge on any atom is -0.396 e. The Balaban J connectivity index is 3.23. The molecule has 1 rings (SSSR count). The summed E-state index contributed by atoms with van der Waals surface area (Å²) in [4.78, 5) is 1.50. The van der Waals surface area contributed by atoms with E-state index < -0.39 is 11.6 Å². The third kappa shape index (κ3) is 2.01. The molecule has 0 aliphatic carbocycles. The largest absolute Gasteiger partial charge is 0.396 e. The van der Waals surface area contributed by atoms with Crippen LogP contribution >= 0.6 is 0 Å². The fourth-order valence-corrected chi connectivity index (χ4v) is 1.39. The number of hydrogen-bond donors (Lipinski definition) is 1. The van der Waals surface area contributed by atoms with Crippen LogP contribution in [0.5, 0.6) is 0 Å². The molecule has 0 saturated heterocycles. The van der Waals surface area contributed by atoms with Gasteiger partial charge in [-0.25, -0.2) is 8.78 Å². The second kappa shape index (κ2) is 4.37. The normalized spacial score (nSPS) is 10.4. The molecule has 0 aliphatic rings. The van der Waals surface area contributed by atoms with Crippen molar-refractivity contribution in [3.8, 4) is 0 Å². The van der Waals surface area contributed by atoms with Crippen LogP contribution in [0.4, 0.5) is 14.5 Å². The number of nitrogens with zero attached hydrogens (tertiary/aromatic N) is 1. The van der Waals surface area contributed by atoms with Gasteiger partial charge in [0.2, 0.25) is 0 Å². The second-order valence-corrected chi connectivity index (χ2v) is 3.24. The molecule has 1 aromatic carbocycles. The van der Waals surface area contributed by atoms with E-state index in [1.807, 2.05) is 0 Å². The van der Waals surface area contributed by atoms with E-state index >= 15 is 0 Å². The van der Waals surface area contributed by atoms with Crippen molar-refractivity contribution in [2.24, 2.45) is 0 Å². The molecule has 0 spiro atoms. The lowest BCUT2D eigenvalue weighted by molar-refractivity contribution is 0.299. The third-order valence-electron chi connectivity index (χ3n) is 1.98. The first-order valence-corrected chi connectivity index (χ1v) is 4.33. The van der Waals surface area contributed by atoms with E-state index in [1.165, 1.54) is 11.0 Å². The molecule has 0 atom stereocenters. The molecule has 0 saturated carbocycles. The van der Waals surface area contributed by atoms with Gasteiger partial charge in [0.05, 0.1) is 5.69 Å². The smallest absolute Gasteiger partial charge is 0.182 e. The van der Waals surface area contributed by atoms with Crippen molar-refractivity contribution in [1.29, 1.82) is 0 Å². The summed E-state index contributed by atoms with van der Waals surface area (Å²) in [6.45, 7) is -0.0775. The summed E-state index contributed by atoms with van der Waals surface area (Å²) in [6.07, 6.45) is 0.324. The van der Waals surface area contributed by atoms with E-state index in [4.69, 9.17) is 5.11 Å². The van der Waals surface area contributed by atoms with Crippen LogP contribution in [0.1, 0.15) is 5.56 Å². The molecule has 0 aliphatic heterocycles. The van der Waals surface area contributed by atoms with Crippen molar-refractivity contribution >= 4 is 5.69 Å². The van der Waals surface area contributed by atoms with Gasteiger partial charge in [-0.1, -0.05) is 6.07 Å². The molecule has 0 radical (unpaired) electrons. The number of rotatable bonds is 3. The minimum atomic E-state index is -0.865. The first-order chi connectivity index (χ1) is 6.57. The Morgan fingerprint density at radius 1 is 1.29 bits per heavy atom. The Morgan fingerprint density at radius 3 is 2.43 bits per heavy atom. The number of anilines is 1. The predicted molar refractivity (Wildman–Crippen MR) is 51.5 cm³/mol. The lowest BCUT2D eigenvalue weighted by atomic mass is 10.1. The van der Waals surface area contributed by atoms with E-state index in [-0.39, 0.29) is 12.3 Å². The van der Waals surface area contributed by atoms with Crippen molar-refractivity contribution in [1.82, 2.24) is 0 Å². The van der Waals surface area contributed by atoms with Crippen LogP contribution in [-0.2, 0) is 6.42 Å². The lowest BCUT2D eigenvalue weighted by Crippen LogP contribution is -2.15. The van der Waals surface area contributed by atoms with E-state index in [9.17, 15) is 8.78 Å². The average molecular weight is 201 g/mol. The van der Waals surface area contributed by atoms with Gasteiger partial charge in [-0.3, -0.25) is 0 Å². The zero-order valence-electron chi connectivity index (χ0n) is 8.22. The summed E-state index contributed by atoms with van der Waals surface area (Å²) in [6, 6.07) is 2.57.